The van der Waals surface area contributed by atoms with Crippen molar-refractivity contribution in [2.24, 2.45) is 0 Å². The molecular formula is C25H21FN4O2S2. The van der Waals surface area contributed by atoms with Crippen molar-refractivity contribution in [3.05, 3.63) is 89.0 Å². The molecule has 172 valence electrons. The summed E-state index contributed by atoms with van der Waals surface area (Å²) in [4.78, 5) is 7.38. The zero-order valence-electron chi connectivity index (χ0n) is 18.5. The van der Waals surface area contributed by atoms with E-state index >= 15 is 0 Å². The molecule has 9 heteroatoms. The average Bonchev–Trinajstić information content (AvgIpc) is 3.52. The number of hydrogen-bond donors (Lipinski definition) is 1. The van der Waals surface area contributed by atoms with Gasteiger partial charge in [0.05, 0.1) is 28.8 Å². The maximum absolute atomic E-state index is 14.0. The van der Waals surface area contributed by atoms with E-state index < -0.39 is 0 Å². The lowest BCUT2D eigenvalue weighted by Crippen LogP contribution is -2.46. The maximum Gasteiger partial charge on any atom is 0.258 e. The lowest BCUT2D eigenvalue weighted by atomic mass is 9.94. The summed E-state index contributed by atoms with van der Waals surface area (Å²) in [5.74, 6) is 1.32. The minimum atomic E-state index is -0.346. The van der Waals surface area contributed by atoms with E-state index in [0.29, 0.717) is 29.1 Å². The van der Waals surface area contributed by atoms with Crippen LogP contribution in [-0.2, 0) is 0 Å². The summed E-state index contributed by atoms with van der Waals surface area (Å²) >= 11 is 7.25. The summed E-state index contributed by atoms with van der Waals surface area (Å²) in [6.07, 6.45) is 0. The molecule has 0 spiro atoms. The normalized spacial score (nSPS) is 16.0. The maximum atomic E-state index is 14.0. The van der Waals surface area contributed by atoms with Crippen molar-refractivity contribution in [1.29, 1.82) is 0 Å². The predicted molar refractivity (Wildman–Crippen MR) is 135 cm³/mol. The summed E-state index contributed by atoms with van der Waals surface area (Å²) in [6.45, 7) is 4.45. The Labute approximate surface area is 205 Å². The number of halogens is 1. The monoisotopic (exact) mass is 492 g/mol. The first-order valence-electron chi connectivity index (χ1n) is 10.7. The third-order valence-corrected chi connectivity index (χ3v) is 6.64. The first-order valence-corrected chi connectivity index (χ1v) is 12.0. The Kier molecular flexibility index (Phi) is 6.12. The van der Waals surface area contributed by atoms with Crippen molar-refractivity contribution in [3.8, 4) is 16.5 Å². The van der Waals surface area contributed by atoms with Crippen molar-refractivity contribution >= 4 is 39.9 Å². The number of nitrogens with zero attached hydrogens (tertiary/aromatic N) is 3. The summed E-state index contributed by atoms with van der Waals surface area (Å²) in [5.41, 5.74) is 3.09. The molecule has 0 aliphatic carbocycles. The van der Waals surface area contributed by atoms with Crippen molar-refractivity contribution in [2.45, 2.75) is 19.9 Å². The van der Waals surface area contributed by atoms with Crippen LogP contribution >= 0.6 is 23.6 Å². The second-order valence-corrected chi connectivity index (χ2v) is 8.93. The van der Waals surface area contributed by atoms with E-state index in [2.05, 4.69) is 15.5 Å². The lowest BCUT2D eigenvalue weighted by Gasteiger charge is -2.37. The molecule has 2 aromatic carbocycles. The zero-order valence-corrected chi connectivity index (χ0v) is 20.1. The molecule has 0 fully saturated rings. The molecule has 0 saturated carbocycles. The Balaban J connectivity index is 1.63. The Bertz CT molecular complexity index is 1350. The predicted octanol–water partition coefficient (Wildman–Crippen LogP) is 6.20. The molecule has 1 atom stereocenters. The van der Waals surface area contributed by atoms with Gasteiger partial charge in [-0.25, -0.2) is 4.39 Å². The highest BCUT2D eigenvalue weighted by atomic mass is 32.1. The molecule has 1 N–H and O–H groups in total. The van der Waals surface area contributed by atoms with Gasteiger partial charge in [-0.15, -0.1) is 11.3 Å². The third-order valence-electron chi connectivity index (χ3n) is 5.47. The fourth-order valence-corrected chi connectivity index (χ4v) is 4.97. The quantitative estimate of drug-likeness (QED) is 0.321. The van der Waals surface area contributed by atoms with Crippen LogP contribution in [0.1, 0.15) is 31.3 Å². The highest BCUT2D eigenvalue weighted by Gasteiger charge is 2.35. The largest absolute Gasteiger partial charge is 0.494 e. The number of anilines is 1. The Morgan fingerprint density at radius 1 is 1.18 bits per heavy atom. The lowest BCUT2D eigenvalue weighted by molar-refractivity contribution is 0.340. The van der Waals surface area contributed by atoms with Gasteiger partial charge < -0.3 is 14.6 Å². The van der Waals surface area contributed by atoms with Crippen LogP contribution in [0.3, 0.4) is 0 Å². The minimum Gasteiger partial charge on any atom is -0.494 e. The Morgan fingerprint density at radius 3 is 2.71 bits per heavy atom. The van der Waals surface area contributed by atoms with E-state index in [0.717, 1.165) is 27.5 Å². The van der Waals surface area contributed by atoms with Gasteiger partial charge in [-0.1, -0.05) is 29.4 Å². The molecule has 5 rings (SSSR count). The average molecular weight is 493 g/mol. The SMILES string of the molecule is CCOc1ccc(C2NC(=S)N(c3cccc(F)c3)C(C)=C2c2nc(-c3cccs3)no2)cc1. The molecule has 4 aromatic rings. The van der Waals surface area contributed by atoms with E-state index in [1.807, 2.05) is 55.6 Å². The topological polar surface area (TPSA) is 63.4 Å². The Hall–Kier alpha value is -3.56. The van der Waals surface area contributed by atoms with Crippen LogP contribution in [0.4, 0.5) is 10.1 Å². The smallest absolute Gasteiger partial charge is 0.258 e. The zero-order chi connectivity index (χ0) is 23.7. The molecule has 1 aliphatic heterocycles. The highest BCUT2D eigenvalue weighted by Crippen LogP contribution is 2.39. The van der Waals surface area contributed by atoms with Crippen LogP contribution in [-0.4, -0.2) is 21.9 Å². The van der Waals surface area contributed by atoms with Crippen molar-refractivity contribution < 1.29 is 13.7 Å². The van der Waals surface area contributed by atoms with E-state index in [4.69, 9.17) is 21.5 Å². The van der Waals surface area contributed by atoms with Crippen molar-refractivity contribution in [3.63, 3.8) is 0 Å². The van der Waals surface area contributed by atoms with Crippen LogP contribution in [0.15, 0.2) is 76.3 Å². The first-order chi connectivity index (χ1) is 16.5. The van der Waals surface area contributed by atoms with Crippen LogP contribution in [0, 0.1) is 5.82 Å². The van der Waals surface area contributed by atoms with Crippen molar-refractivity contribution in [1.82, 2.24) is 15.5 Å². The standard InChI is InChI=1S/C25H21FN4O2S2/c1-3-31-19-11-9-16(10-12-19)22-21(24-28-23(29-32-24)20-8-5-13-34-20)15(2)30(25(33)27-22)18-7-4-6-17(26)14-18/h4-14,22H,3H2,1-2H3,(H,27,33). The van der Waals surface area contributed by atoms with Gasteiger partial charge in [0.15, 0.2) is 5.11 Å². The molecule has 1 unspecified atom stereocenters. The summed E-state index contributed by atoms with van der Waals surface area (Å²) < 4.78 is 25.4. The van der Waals surface area contributed by atoms with Crippen molar-refractivity contribution in [2.75, 3.05) is 11.5 Å². The Morgan fingerprint density at radius 2 is 2.00 bits per heavy atom. The number of rotatable bonds is 6. The van der Waals surface area contributed by atoms with Crippen LogP contribution in [0.5, 0.6) is 5.75 Å². The summed E-state index contributed by atoms with van der Waals surface area (Å²) in [6, 6.07) is 17.6. The second-order valence-electron chi connectivity index (χ2n) is 7.60. The number of nitrogens with one attached hydrogen (secondary N) is 1. The van der Waals surface area contributed by atoms with Gasteiger partial charge in [-0.2, -0.15) is 4.98 Å². The van der Waals surface area contributed by atoms with E-state index in [1.165, 1.54) is 23.5 Å². The van der Waals surface area contributed by atoms with Crippen LogP contribution in [0.25, 0.3) is 16.3 Å². The summed E-state index contributed by atoms with van der Waals surface area (Å²) in [5, 5.41) is 9.99. The van der Waals surface area contributed by atoms with Gasteiger partial charge in [0.25, 0.3) is 5.89 Å². The number of allylic oxidation sites excluding steroid dienone is 1. The van der Waals surface area contributed by atoms with E-state index in [-0.39, 0.29) is 11.9 Å². The molecule has 0 bridgehead atoms. The number of benzene rings is 2. The molecule has 0 amide bonds. The minimum absolute atomic E-state index is 0.343. The molecule has 3 heterocycles. The van der Waals surface area contributed by atoms with E-state index in [9.17, 15) is 4.39 Å². The number of ether oxygens (including phenoxy) is 1. The molecular weight excluding hydrogens is 471 g/mol. The van der Waals surface area contributed by atoms with Gasteiger partial charge in [-0.05, 0) is 73.4 Å². The highest BCUT2D eigenvalue weighted by molar-refractivity contribution is 7.80. The van der Waals surface area contributed by atoms with Crippen LogP contribution < -0.4 is 15.0 Å². The number of hydrogen-bond acceptors (Lipinski definition) is 6. The fraction of sp³-hybridized carbons (Fsp3) is 0.160. The molecule has 6 nitrogen and oxygen atoms in total. The summed E-state index contributed by atoms with van der Waals surface area (Å²) in [7, 11) is 0. The number of thiophene rings is 1. The second kappa shape index (κ2) is 9.36. The molecule has 34 heavy (non-hydrogen) atoms. The molecule has 2 aromatic heterocycles. The number of thiocarbonyl (C=S) groups is 1. The van der Waals surface area contributed by atoms with Gasteiger partial charge in [0.2, 0.25) is 5.82 Å². The molecule has 0 radical (unpaired) electrons. The molecule has 0 saturated heterocycles. The van der Waals surface area contributed by atoms with Crippen LogP contribution in [0.2, 0.25) is 0 Å². The first kappa shape index (κ1) is 22.2. The van der Waals surface area contributed by atoms with Gasteiger partial charge in [0.1, 0.15) is 11.6 Å². The fourth-order valence-electron chi connectivity index (χ4n) is 3.96. The van der Waals surface area contributed by atoms with Gasteiger partial charge in [0, 0.05) is 5.70 Å². The number of aromatic nitrogens is 2. The van der Waals surface area contributed by atoms with Gasteiger partial charge in [-0.3, -0.25) is 4.90 Å². The third kappa shape index (κ3) is 4.20. The van der Waals surface area contributed by atoms with Gasteiger partial charge >= 0.3 is 0 Å². The molecule has 1 aliphatic rings. The van der Waals surface area contributed by atoms with E-state index in [1.54, 1.807) is 17.0 Å².